The second kappa shape index (κ2) is 5.93. The van der Waals surface area contributed by atoms with Gasteiger partial charge in [0.25, 0.3) is 0 Å². The smallest absolute Gasteiger partial charge is 0.335 e. The third-order valence-corrected chi connectivity index (χ3v) is 5.79. The van der Waals surface area contributed by atoms with Gasteiger partial charge in [0, 0.05) is 12.6 Å². The molecule has 6 heteroatoms. The Morgan fingerprint density at radius 3 is 2.25 bits per heavy atom. The number of sulfonamides is 1. The monoisotopic (exact) mass is 297 g/mol. The topological polar surface area (TPSA) is 74.7 Å². The van der Waals surface area contributed by atoms with E-state index in [9.17, 15) is 13.2 Å². The number of carboxylic acid groups (broad SMARTS) is 1. The molecule has 1 aromatic carbocycles. The molecule has 0 radical (unpaired) electrons. The fourth-order valence-corrected chi connectivity index (χ4v) is 4.42. The van der Waals surface area contributed by atoms with Crippen LogP contribution in [0.25, 0.3) is 0 Å². The van der Waals surface area contributed by atoms with Crippen molar-refractivity contribution in [3.8, 4) is 0 Å². The maximum absolute atomic E-state index is 12.6. The number of rotatable bonds is 5. The largest absolute Gasteiger partial charge is 0.478 e. The van der Waals surface area contributed by atoms with E-state index in [0.29, 0.717) is 6.54 Å². The van der Waals surface area contributed by atoms with E-state index in [1.54, 1.807) is 0 Å². The van der Waals surface area contributed by atoms with Gasteiger partial charge in [0.2, 0.25) is 10.0 Å². The summed E-state index contributed by atoms with van der Waals surface area (Å²) in [5, 5.41) is 8.85. The van der Waals surface area contributed by atoms with Crippen LogP contribution in [-0.4, -0.2) is 36.4 Å². The predicted molar refractivity (Wildman–Crippen MR) is 75.2 cm³/mol. The molecule has 0 amide bonds. The molecular weight excluding hydrogens is 278 g/mol. The molecule has 1 aromatic rings. The average Bonchev–Trinajstić information content (AvgIpc) is 2.93. The second-order valence-electron chi connectivity index (χ2n) is 4.98. The Morgan fingerprint density at radius 2 is 1.80 bits per heavy atom. The van der Waals surface area contributed by atoms with Crippen LogP contribution in [0.4, 0.5) is 0 Å². The van der Waals surface area contributed by atoms with Crippen LogP contribution < -0.4 is 0 Å². The van der Waals surface area contributed by atoms with Gasteiger partial charge in [-0.15, -0.1) is 0 Å². The Bertz CT molecular complexity index is 574. The first kappa shape index (κ1) is 15.0. The zero-order valence-corrected chi connectivity index (χ0v) is 12.3. The number of carbonyl (C=O) groups is 1. The maximum Gasteiger partial charge on any atom is 0.335 e. The van der Waals surface area contributed by atoms with E-state index >= 15 is 0 Å². The second-order valence-corrected chi connectivity index (χ2v) is 6.87. The van der Waals surface area contributed by atoms with E-state index in [0.717, 1.165) is 25.7 Å². The summed E-state index contributed by atoms with van der Waals surface area (Å²) in [4.78, 5) is 11.0. The minimum absolute atomic E-state index is 0.0733. The Labute approximate surface area is 119 Å². The first-order chi connectivity index (χ1) is 9.46. The van der Waals surface area contributed by atoms with Crippen LogP contribution in [0, 0.1) is 0 Å². The van der Waals surface area contributed by atoms with E-state index in [1.807, 2.05) is 6.92 Å². The molecule has 0 unspecified atom stereocenters. The van der Waals surface area contributed by atoms with Gasteiger partial charge in [-0.1, -0.05) is 19.8 Å². The van der Waals surface area contributed by atoms with Gasteiger partial charge in [0.1, 0.15) is 0 Å². The molecule has 1 fully saturated rings. The lowest BCUT2D eigenvalue weighted by molar-refractivity contribution is 0.0696. The van der Waals surface area contributed by atoms with Crippen molar-refractivity contribution in [2.24, 2.45) is 0 Å². The molecule has 1 saturated carbocycles. The minimum atomic E-state index is -3.54. The van der Waals surface area contributed by atoms with Gasteiger partial charge in [0.15, 0.2) is 0 Å². The molecule has 5 nitrogen and oxygen atoms in total. The van der Waals surface area contributed by atoms with E-state index in [-0.39, 0.29) is 16.5 Å². The van der Waals surface area contributed by atoms with E-state index in [1.165, 1.54) is 28.6 Å². The fraction of sp³-hybridized carbons (Fsp3) is 0.500. The highest BCUT2D eigenvalue weighted by molar-refractivity contribution is 7.89. The summed E-state index contributed by atoms with van der Waals surface area (Å²) in [6.45, 7) is 2.27. The van der Waals surface area contributed by atoms with Crippen LogP contribution in [0.15, 0.2) is 29.2 Å². The first-order valence-corrected chi connectivity index (χ1v) is 8.26. The maximum atomic E-state index is 12.6. The van der Waals surface area contributed by atoms with Gasteiger partial charge in [-0.05, 0) is 37.1 Å². The van der Waals surface area contributed by atoms with Crippen LogP contribution >= 0.6 is 0 Å². The van der Waals surface area contributed by atoms with Crippen LogP contribution in [0.3, 0.4) is 0 Å². The molecule has 0 aromatic heterocycles. The van der Waals surface area contributed by atoms with Crippen molar-refractivity contribution in [2.45, 2.75) is 43.5 Å². The molecule has 1 aliphatic carbocycles. The van der Waals surface area contributed by atoms with Crippen molar-refractivity contribution in [1.29, 1.82) is 0 Å². The molecular formula is C14H19NO4S. The van der Waals surface area contributed by atoms with E-state index in [2.05, 4.69) is 0 Å². The van der Waals surface area contributed by atoms with E-state index < -0.39 is 16.0 Å². The van der Waals surface area contributed by atoms with Gasteiger partial charge in [-0.25, -0.2) is 13.2 Å². The molecule has 0 aliphatic heterocycles. The average molecular weight is 297 g/mol. The molecule has 110 valence electrons. The molecule has 0 atom stereocenters. The highest BCUT2D eigenvalue weighted by Crippen LogP contribution is 2.28. The Morgan fingerprint density at radius 1 is 1.25 bits per heavy atom. The summed E-state index contributed by atoms with van der Waals surface area (Å²) in [5.74, 6) is -1.06. The molecule has 0 saturated heterocycles. The number of hydrogen-bond donors (Lipinski definition) is 1. The van der Waals surface area contributed by atoms with Crippen LogP contribution in [0.5, 0.6) is 0 Å². The lowest BCUT2D eigenvalue weighted by Crippen LogP contribution is -2.38. The molecule has 0 spiro atoms. The van der Waals surface area contributed by atoms with Crippen LogP contribution in [-0.2, 0) is 10.0 Å². The van der Waals surface area contributed by atoms with Crippen molar-refractivity contribution in [3.63, 3.8) is 0 Å². The van der Waals surface area contributed by atoms with E-state index in [4.69, 9.17) is 5.11 Å². The predicted octanol–water partition coefficient (Wildman–Crippen LogP) is 2.34. The highest BCUT2D eigenvalue weighted by Gasteiger charge is 2.31. The number of hydrogen-bond acceptors (Lipinski definition) is 3. The first-order valence-electron chi connectivity index (χ1n) is 6.82. The van der Waals surface area contributed by atoms with Gasteiger partial charge in [0.05, 0.1) is 10.5 Å². The van der Waals surface area contributed by atoms with Crippen LogP contribution in [0.2, 0.25) is 0 Å². The van der Waals surface area contributed by atoms with Gasteiger partial charge in [-0.3, -0.25) is 0 Å². The Hall–Kier alpha value is -1.40. The van der Waals surface area contributed by atoms with Crippen molar-refractivity contribution >= 4 is 16.0 Å². The van der Waals surface area contributed by atoms with Crippen LogP contribution in [0.1, 0.15) is 43.0 Å². The quantitative estimate of drug-likeness (QED) is 0.905. The lowest BCUT2D eigenvalue weighted by Gasteiger charge is -2.26. The van der Waals surface area contributed by atoms with Gasteiger partial charge >= 0.3 is 5.97 Å². The molecule has 20 heavy (non-hydrogen) atoms. The fourth-order valence-electron chi connectivity index (χ4n) is 2.72. The van der Waals surface area contributed by atoms with Gasteiger partial charge in [-0.2, -0.15) is 4.31 Å². The normalized spacial score (nSPS) is 16.7. The third-order valence-electron chi connectivity index (χ3n) is 3.75. The van der Waals surface area contributed by atoms with Crippen molar-refractivity contribution in [3.05, 3.63) is 29.8 Å². The molecule has 1 aliphatic rings. The third kappa shape index (κ3) is 2.86. The minimum Gasteiger partial charge on any atom is -0.478 e. The summed E-state index contributed by atoms with van der Waals surface area (Å²) >= 11 is 0. The van der Waals surface area contributed by atoms with Crippen molar-refractivity contribution in [2.75, 3.05) is 6.54 Å². The molecule has 0 heterocycles. The number of carboxylic acids is 1. The van der Waals surface area contributed by atoms with Gasteiger partial charge < -0.3 is 5.11 Å². The summed E-state index contributed by atoms with van der Waals surface area (Å²) < 4.78 is 26.8. The number of nitrogens with zero attached hydrogens (tertiary/aromatic N) is 1. The standard InChI is InChI=1S/C14H19NO4S/c1-2-15(12-5-3-4-6-12)20(18,19)13-9-7-11(8-10-13)14(16)17/h7-10,12H,2-6H2,1H3,(H,16,17). The summed E-state index contributed by atoms with van der Waals surface area (Å²) in [7, 11) is -3.54. The Kier molecular flexibility index (Phi) is 4.45. The molecule has 2 rings (SSSR count). The van der Waals surface area contributed by atoms with Crippen molar-refractivity contribution in [1.82, 2.24) is 4.31 Å². The number of benzene rings is 1. The Balaban J connectivity index is 2.30. The summed E-state index contributed by atoms with van der Waals surface area (Å²) in [6, 6.07) is 5.48. The highest BCUT2D eigenvalue weighted by atomic mass is 32.2. The zero-order valence-electron chi connectivity index (χ0n) is 11.4. The lowest BCUT2D eigenvalue weighted by atomic mass is 10.2. The van der Waals surface area contributed by atoms with Crippen molar-refractivity contribution < 1.29 is 18.3 Å². The SMILES string of the molecule is CCN(C1CCCC1)S(=O)(=O)c1ccc(C(=O)O)cc1. The zero-order chi connectivity index (χ0) is 14.8. The summed E-state index contributed by atoms with van der Waals surface area (Å²) in [6.07, 6.45) is 3.93. The number of aromatic carboxylic acids is 1. The molecule has 1 N–H and O–H groups in total. The summed E-state index contributed by atoms with van der Waals surface area (Å²) in [5.41, 5.74) is 0.0906. The molecule has 0 bridgehead atoms.